The third-order valence-electron chi connectivity index (χ3n) is 2.58. The van der Waals surface area contributed by atoms with E-state index < -0.39 is 10.9 Å². The molecule has 0 radical (unpaired) electrons. The van der Waals surface area contributed by atoms with Gasteiger partial charge in [-0.25, -0.2) is 9.78 Å². The molecule has 1 aromatic carbocycles. The van der Waals surface area contributed by atoms with Crippen LogP contribution in [0.15, 0.2) is 36.5 Å². The van der Waals surface area contributed by atoms with Crippen LogP contribution in [0.4, 0.5) is 5.69 Å². The molecule has 0 fully saturated rings. The average Bonchev–Trinajstić information content (AvgIpc) is 2.41. The molecule has 0 aliphatic heterocycles. The summed E-state index contributed by atoms with van der Waals surface area (Å²) < 4.78 is 5.42. The van der Waals surface area contributed by atoms with Gasteiger partial charge in [0.2, 0.25) is 5.88 Å². The van der Waals surface area contributed by atoms with E-state index in [9.17, 15) is 14.9 Å². The molecule has 0 atom stereocenters. The topological polar surface area (TPSA) is 103 Å². The van der Waals surface area contributed by atoms with Gasteiger partial charge in [-0.3, -0.25) is 10.1 Å². The van der Waals surface area contributed by atoms with Gasteiger partial charge in [0.1, 0.15) is 17.5 Å². The van der Waals surface area contributed by atoms with Gasteiger partial charge in [-0.1, -0.05) is 12.1 Å². The zero-order valence-electron chi connectivity index (χ0n) is 10.4. The maximum absolute atomic E-state index is 11.1. The van der Waals surface area contributed by atoms with Crippen LogP contribution in [0.25, 0.3) is 0 Å². The van der Waals surface area contributed by atoms with E-state index in [0.29, 0.717) is 5.56 Å². The van der Waals surface area contributed by atoms with Crippen LogP contribution in [-0.4, -0.2) is 21.0 Å². The van der Waals surface area contributed by atoms with Gasteiger partial charge in [-0.15, -0.1) is 0 Å². The molecule has 0 aliphatic rings. The lowest BCUT2D eigenvalue weighted by Gasteiger charge is -2.10. The number of aromatic nitrogens is 1. The minimum absolute atomic E-state index is 0.00477. The highest BCUT2D eigenvalue weighted by Gasteiger charge is 2.15. The summed E-state index contributed by atoms with van der Waals surface area (Å²) in [6.07, 6.45) is 1.05. The van der Waals surface area contributed by atoms with Crippen molar-refractivity contribution < 1.29 is 19.6 Å². The van der Waals surface area contributed by atoms with E-state index in [1.54, 1.807) is 19.1 Å². The molecule has 0 bridgehead atoms. The second kappa shape index (κ2) is 5.35. The van der Waals surface area contributed by atoms with E-state index >= 15 is 0 Å². The number of benzene rings is 1. The molecular weight excluding hydrogens is 264 g/mol. The average molecular weight is 274 g/mol. The van der Waals surface area contributed by atoms with Crippen LogP contribution in [0.3, 0.4) is 0 Å². The Kier molecular flexibility index (Phi) is 3.60. The Bertz CT molecular complexity index is 667. The van der Waals surface area contributed by atoms with Crippen LogP contribution >= 0.6 is 0 Å². The van der Waals surface area contributed by atoms with Crippen molar-refractivity contribution in [3.05, 3.63) is 57.8 Å². The van der Waals surface area contributed by atoms with E-state index in [2.05, 4.69) is 4.98 Å². The standard InChI is InChI=1S/C13H10N2O5/c1-8-3-2-4-10(13(16)17)12(8)20-11-6-5-9(7-14-11)15(18)19/h2-7H,1H3,(H,16,17). The molecule has 7 nitrogen and oxygen atoms in total. The minimum Gasteiger partial charge on any atom is -0.478 e. The van der Waals surface area contributed by atoms with E-state index in [1.165, 1.54) is 18.2 Å². The number of nitrogens with zero attached hydrogens (tertiary/aromatic N) is 2. The summed E-state index contributed by atoms with van der Waals surface area (Å²) in [6, 6.07) is 7.27. The Morgan fingerprint density at radius 2 is 2.10 bits per heavy atom. The number of para-hydroxylation sites is 1. The molecule has 0 saturated heterocycles. The van der Waals surface area contributed by atoms with Gasteiger partial charge in [0.05, 0.1) is 4.92 Å². The van der Waals surface area contributed by atoms with E-state index in [1.807, 2.05) is 0 Å². The smallest absolute Gasteiger partial charge is 0.339 e. The summed E-state index contributed by atoms with van der Waals surface area (Å²) in [4.78, 5) is 24.8. The van der Waals surface area contributed by atoms with Crippen LogP contribution in [0, 0.1) is 17.0 Å². The van der Waals surface area contributed by atoms with Crippen molar-refractivity contribution in [3.63, 3.8) is 0 Å². The maximum atomic E-state index is 11.1. The quantitative estimate of drug-likeness (QED) is 0.679. The Morgan fingerprint density at radius 1 is 1.35 bits per heavy atom. The molecule has 2 aromatic rings. The first-order chi connectivity index (χ1) is 9.49. The summed E-state index contributed by atoms with van der Waals surface area (Å²) >= 11 is 0. The normalized spacial score (nSPS) is 10.1. The fraction of sp³-hybridized carbons (Fsp3) is 0.0769. The predicted octanol–water partition coefficient (Wildman–Crippen LogP) is 2.79. The van der Waals surface area contributed by atoms with Gasteiger partial charge in [0.25, 0.3) is 5.69 Å². The molecule has 20 heavy (non-hydrogen) atoms. The van der Waals surface area contributed by atoms with E-state index in [-0.39, 0.29) is 22.9 Å². The SMILES string of the molecule is Cc1cccc(C(=O)O)c1Oc1ccc([N+](=O)[O-])cn1. The third-order valence-corrected chi connectivity index (χ3v) is 2.58. The Morgan fingerprint density at radius 3 is 2.65 bits per heavy atom. The van der Waals surface area contributed by atoms with Crippen LogP contribution in [0.1, 0.15) is 15.9 Å². The number of nitro groups is 1. The van der Waals surface area contributed by atoms with Crippen molar-refractivity contribution in [2.24, 2.45) is 0 Å². The van der Waals surface area contributed by atoms with Gasteiger partial charge in [-0.05, 0) is 18.6 Å². The van der Waals surface area contributed by atoms with Crippen LogP contribution in [-0.2, 0) is 0 Å². The number of aromatic carboxylic acids is 1. The first kappa shape index (κ1) is 13.5. The summed E-state index contributed by atoms with van der Waals surface area (Å²) in [7, 11) is 0. The highest BCUT2D eigenvalue weighted by molar-refractivity contribution is 5.91. The van der Waals surface area contributed by atoms with Gasteiger partial charge >= 0.3 is 5.97 Å². The molecule has 0 amide bonds. The molecule has 0 unspecified atom stereocenters. The second-order valence-corrected chi connectivity index (χ2v) is 3.97. The highest BCUT2D eigenvalue weighted by Crippen LogP contribution is 2.28. The summed E-state index contributed by atoms with van der Waals surface area (Å²) in [5.74, 6) is -0.862. The zero-order valence-corrected chi connectivity index (χ0v) is 10.4. The number of pyridine rings is 1. The highest BCUT2D eigenvalue weighted by atomic mass is 16.6. The largest absolute Gasteiger partial charge is 0.478 e. The summed E-state index contributed by atoms with van der Waals surface area (Å²) in [5.41, 5.74) is 0.468. The molecule has 0 spiro atoms. The second-order valence-electron chi connectivity index (χ2n) is 3.97. The number of aryl methyl sites for hydroxylation is 1. The van der Waals surface area contributed by atoms with E-state index in [4.69, 9.17) is 9.84 Å². The number of carboxylic acids is 1. The fourth-order valence-electron chi connectivity index (χ4n) is 1.60. The number of carbonyl (C=O) groups is 1. The molecule has 7 heteroatoms. The number of hydrogen-bond donors (Lipinski definition) is 1. The number of carboxylic acid groups (broad SMARTS) is 1. The first-order valence-electron chi connectivity index (χ1n) is 5.60. The monoisotopic (exact) mass is 274 g/mol. The Labute approximate surface area is 113 Å². The fourth-order valence-corrected chi connectivity index (χ4v) is 1.60. The minimum atomic E-state index is -1.12. The number of rotatable bonds is 4. The Hall–Kier alpha value is -2.96. The molecule has 1 N–H and O–H groups in total. The molecular formula is C13H10N2O5. The number of ether oxygens (including phenoxy) is 1. The number of hydrogen-bond acceptors (Lipinski definition) is 5. The first-order valence-corrected chi connectivity index (χ1v) is 5.60. The van der Waals surface area contributed by atoms with Crippen LogP contribution in [0.5, 0.6) is 11.6 Å². The van der Waals surface area contributed by atoms with Crippen LogP contribution < -0.4 is 4.74 Å². The van der Waals surface area contributed by atoms with Crippen molar-refractivity contribution in [2.75, 3.05) is 0 Å². The van der Waals surface area contributed by atoms with Gasteiger partial charge in [0.15, 0.2) is 0 Å². The van der Waals surface area contributed by atoms with E-state index in [0.717, 1.165) is 6.20 Å². The summed E-state index contributed by atoms with van der Waals surface area (Å²) in [6.45, 7) is 1.70. The van der Waals surface area contributed by atoms with Crippen molar-refractivity contribution in [2.45, 2.75) is 6.92 Å². The lowest BCUT2D eigenvalue weighted by Crippen LogP contribution is -2.02. The Balaban J connectivity index is 2.34. The van der Waals surface area contributed by atoms with Crippen LogP contribution in [0.2, 0.25) is 0 Å². The van der Waals surface area contributed by atoms with Crippen molar-refractivity contribution >= 4 is 11.7 Å². The molecule has 1 heterocycles. The molecule has 2 rings (SSSR count). The molecule has 102 valence electrons. The summed E-state index contributed by atoms with van der Waals surface area (Å²) in [5, 5.41) is 19.6. The van der Waals surface area contributed by atoms with Crippen molar-refractivity contribution in [1.82, 2.24) is 4.98 Å². The molecule has 1 aromatic heterocycles. The zero-order chi connectivity index (χ0) is 14.7. The lowest BCUT2D eigenvalue weighted by molar-refractivity contribution is -0.385. The molecule has 0 aliphatic carbocycles. The van der Waals surface area contributed by atoms with Crippen molar-refractivity contribution in [1.29, 1.82) is 0 Å². The van der Waals surface area contributed by atoms with Gasteiger partial charge in [-0.2, -0.15) is 0 Å². The van der Waals surface area contributed by atoms with Crippen molar-refractivity contribution in [3.8, 4) is 11.6 Å². The third kappa shape index (κ3) is 2.72. The lowest BCUT2D eigenvalue weighted by atomic mass is 10.1. The van der Waals surface area contributed by atoms with Gasteiger partial charge in [0, 0.05) is 12.1 Å². The predicted molar refractivity (Wildman–Crippen MR) is 69.1 cm³/mol. The molecule has 0 saturated carbocycles. The maximum Gasteiger partial charge on any atom is 0.339 e. The van der Waals surface area contributed by atoms with Gasteiger partial charge < -0.3 is 9.84 Å².